The Labute approximate surface area is 81.2 Å². The van der Waals surface area contributed by atoms with Gasteiger partial charge >= 0.3 is 0 Å². The minimum absolute atomic E-state index is 0.838. The molecule has 13 heavy (non-hydrogen) atoms. The van der Waals surface area contributed by atoms with Gasteiger partial charge in [-0.2, -0.15) is 0 Å². The first-order chi connectivity index (χ1) is 6.40. The second kappa shape index (κ2) is 3.81. The van der Waals surface area contributed by atoms with E-state index >= 15 is 0 Å². The molecule has 0 fully saturated rings. The van der Waals surface area contributed by atoms with Crippen molar-refractivity contribution in [3.63, 3.8) is 0 Å². The average molecular weight is 194 g/mol. The van der Waals surface area contributed by atoms with E-state index < -0.39 is 0 Å². The molecule has 0 amide bonds. The molecular weight excluding hydrogens is 184 g/mol. The minimum atomic E-state index is 0.838. The normalized spacial score (nSPS) is 14.7. The molecule has 0 bridgehead atoms. The second-order valence-corrected chi connectivity index (χ2v) is 3.64. The second-order valence-electron chi connectivity index (χ2n) is 2.62. The van der Waals surface area contributed by atoms with Crippen LogP contribution in [0.4, 0.5) is 5.69 Å². The van der Waals surface area contributed by atoms with Gasteiger partial charge in [-0.3, -0.25) is 10.3 Å². The van der Waals surface area contributed by atoms with Crippen molar-refractivity contribution in [1.29, 1.82) is 0 Å². The number of hydrogen-bond donors (Lipinski definition) is 1. The number of nitrogens with zero attached hydrogens (tertiary/aromatic N) is 1. The van der Waals surface area contributed by atoms with Crippen molar-refractivity contribution in [3.05, 3.63) is 24.3 Å². The highest BCUT2D eigenvalue weighted by Crippen LogP contribution is 2.32. The van der Waals surface area contributed by atoms with E-state index in [-0.39, 0.29) is 0 Å². The van der Waals surface area contributed by atoms with E-state index in [4.69, 9.17) is 4.84 Å². The Hall–Kier alpha value is -1.00. The number of amidine groups is 1. The summed E-state index contributed by atoms with van der Waals surface area (Å²) in [4.78, 5) is 10.4. The first kappa shape index (κ1) is 8.59. The van der Waals surface area contributed by atoms with Crippen LogP contribution in [0.3, 0.4) is 0 Å². The number of nitrogens with one attached hydrogen (secondary N) is 1. The Bertz CT molecular complexity index is 338. The van der Waals surface area contributed by atoms with Gasteiger partial charge in [0.2, 0.25) is 0 Å². The molecule has 1 aromatic carbocycles. The quantitative estimate of drug-likeness (QED) is 0.694. The zero-order valence-electron chi connectivity index (χ0n) is 7.28. The van der Waals surface area contributed by atoms with Crippen LogP contribution in [-0.4, -0.2) is 18.7 Å². The lowest BCUT2D eigenvalue weighted by Crippen LogP contribution is -2.25. The number of benzene rings is 1. The summed E-state index contributed by atoms with van der Waals surface area (Å²) < 4.78 is 0. The number of aliphatic imine (C=N–C) groups is 1. The van der Waals surface area contributed by atoms with Crippen molar-refractivity contribution in [3.8, 4) is 0 Å². The van der Waals surface area contributed by atoms with E-state index in [1.807, 2.05) is 18.2 Å². The fourth-order valence-corrected chi connectivity index (χ4v) is 2.02. The number of fused-ring (bicyclic) bond motifs is 1. The standard InChI is InChI=1S/C9H10N2OS/c1-12-11-9-6-13-8-5-3-2-4-7(8)10-9/h2-5H,6H2,1H3,(H,10,11). The topological polar surface area (TPSA) is 33.6 Å². The van der Waals surface area contributed by atoms with E-state index in [1.165, 1.54) is 4.90 Å². The largest absolute Gasteiger partial charge is 0.278 e. The number of rotatable bonds is 1. The number of thioether (sulfide) groups is 1. The Morgan fingerprint density at radius 2 is 2.31 bits per heavy atom. The molecule has 0 unspecified atom stereocenters. The van der Waals surface area contributed by atoms with Crippen LogP contribution >= 0.6 is 11.8 Å². The third kappa shape index (κ3) is 1.84. The van der Waals surface area contributed by atoms with Crippen LogP contribution in [0.25, 0.3) is 0 Å². The Kier molecular flexibility index (Phi) is 2.52. The van der Waals surface area contributed by atoms with Crippen LogP contribution in [0.2, 0.25) is 0 Å². The molecule has 0 aromatic heterocycles. The smallest absolute Gasteiger partial charge is 0.136 e. The average Bonchev–Trinajstić information content (AvgIpc) is 2.18. The summed E-state index contributed by atoms with van der Waals surface area (Å²) in [7, 11) is 1.59. The minimum Gasteiger partial charge on any atom is -0.278 e. The van der Waals surface area contributed by atoms with Crippen molar-refractivity contribution in [2.24, 2.45) is 4.99 Å². The van der Waals surface area contributed by atoms with Crippen molar-refractivity contribution in [2.75, 3.05) is 12.9 Å². The molecule has 2 rings (SSSR count). The van der Waals surface area contributed by atoms with E-state index in [1.54, 1.807) is 18.9 Å². The summed E-state index contributed by atoms with van der Waals surface area (Å²) in [6, 6.07) is 8.08. The summed E-state index contributed by atoms with van der Waals surface area (Å²) in [5, 5.41) is 0. The molecule has 0 saturated heterocycles. The zero-order valence-corrected chi connectivity index (χ0v) is 8.10. The van der Waals surface area contributed by atoms with Gasteiger partial charge < -0.3 is 0 Å². The lowest BCUT2D eigenvalue weighted by atomic mass is 10.3. The molecule has 1 aliphatic rings. The van der Waals surface area contributed by atoms with Crippen LogP contribution in [0, 0.1) is 0 Å². The van der Waals surface area contributed by atoms with Crippen molar-refractivity contribution in [2.45, 2.75) is 4.90 Å². The van der Waals surface area contributed by atoms with E-state index in [0.29, 0.717) is 0 Å². The van der Waals surface area contributed by atoms with Crippen LogP contribution in [0.1, 0.15) is 0 Å². The predicted octanol–water partition coefficient (Wildman–Crippen LogP) is 1.97. The molecule has 0 saturated carbocycles. The van der Waals surface area contributed by atoms with Gasteiger partial charge in [0.1, 0.15) is 5.84 Å². The summed E-state index contributed by atoms with van der Waals surface area (Å²) in [6.07, 6.45) is 0. The number of para-hydroxylation sites is 1. The summed E-state index contributed by atoms with van der Waals surface area (Å²) >= 11 is 1.76. The van der Waals surface area contributed by atoms with Gasteiger partial charge in [-0.25, -0.2) is 4.99 Å². The van der Waals surface area contributed by atoms with Crippen LogP contribution in [0.5, 0.6) is 0 Å². The van der Waals surface area contributed by atoms with Crippen LogP contribution in [0.15, 0.2) is 34.2 Å². The van der Waals surface area contributed by atoms with Crippen molar-refractivity contribution < 1.29 is 4.84 Å². The lowest BCUT2D eigenvalue weighted by Gasteiger charge is -2.14. The van der Waals surface area contributed by atoms with Gasteiger partial charge in [-0.05, 0) is 12.1 Å². The Morgan fingerprint density at radius 3 is 3.15 bits per heavy atom. The van der Waals surface area contributed by atoms with Gasteiger partial charge in [0.15, 0.2) is 0 Å². The van der Waals surface area contributed by atoms with Gasteiger partial charge in [-0.1, -0.05) is 12.1 Å². The molecule has 0 aliphatic carbocycles. The maximum atomic E-state index is 4.80. The van der Waals surface area contributed by atoms with E-state index in [2.05, 4.69) is 16.5 Å². The molecule has 0 radical (unpaired) electrons. The summed E-state index contributed by atoms with van der Waals surface area (Å²) in [5.41, 5.74) is 3.77. The van der Waals surface area contributed by atoms with Gasteiger partial charge in [0.25, 0.3) is 0 Å². The Morgan fingerprint density at radius 1 is 1.46 bits per heavy atom. The summed E-state index contributed by atoms with van der Waals surface area (Å²) in [5.74, 6) is 1.70. The molecule has 1 aromatic rings. The molecule has 0 atom stereocenters. The monoisotopic (exact) mass is 194 g/mol. The molecule has 1 aliphatic heterocycles. The van der Waals surface area contributed by atoms with E-state index in [0.717, 1.165) is 17.3 Å². The fourth-order valence-electron chi connectivity index (χ4n) is 1.17. The maximum Gasteiger partial charge on any atom is 0.136 e. The lowest BCUT2D eigenvalue weighted by molar-refractivity contribution is 0.144. The third-order valence-corrected chi connectivity index (χ3v) is 2.78. The molecule has 68 valence electrons. The molecular formula is C9H10N2OS. The fraction of sp³-hybridized carbons (Fsp3) is 0.222. The molecule has 3 nitrogen and oxygen atoms in total. The zero-order chi connectivity index (χ0) is 9.10. The first-order valence-corrected chi connectivity index (χ1v) is 4.97. The van der Waals surface area contributed by atoms with Crippen molar-refractivity contribution >= 4 is 23.3 Å². The van der Waals surface area contributed by atoms with E-state index in [9.17, 15) is 0 Å². The van der Waals surface area contributed by atoms with Gasteiger partial charge in [0.05, 0.1) is 18.6 Å². The predicted molar refractivity (Wildman–Crippen MR) is 54.4 cm³/mol. The molecule has 0 spiro atoms. The third-order valence-electron chi connectivity index (χ3n) is 1.70. The SMILES string of the molecule is CONC1=Nc2ccccc2SC1. The Balaban J connectivity index is 2.28. The van der Waals surface area contributed by atoms with Crippen LogP contribution in [-0.2, 0) is 4.84 Å². The van der Waals surface area contributed by atoms with Gasteiger partial charge in [0, 0.05) is 4.90 Å². The first-order valence-electron chi connectivity index (χ1n) is 3.98. The highest BCUT2D eigenvalue weighted by Gasteiger charge is 2.10. The van der Waals surface area contributed by atoms with Gasteiger partial charge in [-0.15, -0.1) is 11.8 Å². The highest BCUT2D eigenvalue weighted by atomic mass is 32.2. The van der Waals surface area contributed by atoms with Crippen molar-refractivity contribution in [1.82, 2.24) is 5.48 Å². The highest BCUT2D eigenvalue weighted by molar-refractivity contribution is 8.00. The number of hydroxylamine groups is 1. The van der Waals surface area contributed by atoms with Crippen LogP contribution < -0.4 is 5.48 Å². The molecule has 1 N–H and O–H groups in total. The molecule has 4 heteroatoms. The molecule has 1 heterocycles. The summed E-state index contributed by atoms with van der Waals surface area (Å²) in [6.45, 7) is 0. The maximum absolute atomic E-state index is 4.80. The number of hydrogen-bond acceptors (Lipinski definition) is 4.